The zero-order valence-corrected chi connectivity index (χ0v) is 8.85. The highest BCUT2D eigenvalue weighted by molar-refractivity contribution is 6.31. The van der Waals surface area contributed by atoms with E-state index in [-0.39, 0.29) is 6.61 Å². The summed E-state index contributed by atoms with van der Waals surface area (Å²) in [5.74, 6) is 0. The summed E-state index contributed by atoms with van der Waals surface area (Å²) >= 11 is 6.00. The monoisotopic (exact) mass is 222 g/mol. The van der Waals surface area contributed by atoms with Gasteiger partial charge < -0.3 is 9.67 Å². The normalized spacial score (nSPS) is 10.5. The fourth-order valence-corrected chi connectivity index (χ4v) is 1.64. The lowest BCUT2D eigenvalue weighted by molar-refractivity contribution is 0.271. The van der Waals surface area contributed by atoms with Crippen molar-refractivity contribution in [2.24, 2.45) is 0 Å². The highest BCUT2D eigenvalue weighted by Crippen LogP contribution is 2.16. The number of rotatable bonds is 3. The minimum atomic E-state index is 0.0374. The number of nitrogens with zero attached hydrogens (tertiary/aromatic N) is 2. The second kappa shape index (κ2) is 4.47. The minimum absolute atomic E-state index is 0.0374. The molecule has 0 bridgehead atoms. The molecule has 4 heteroatoms. The molecule has 78 valence electrons. The summed E-state index contributed by atoms with van der Waals surface area (Å²) in [6.07, 6.45) is 5.25. The lowest BCUT2D eigenvalue weighted by Crippen LogP contribution is -2.03. The van der Waals surface area contributed by atoms with Crippen molar-refractivity contribution in [3.63, 3.8) is 0 Å². The molecule has 1 N–H and O–H groups in total. The summed E-state index contributed by atoms with van der Waals surface area (Å²) in [4.78, 5) is 3.93. The van der Waals surface area contributed by atoms with Crippen molar-refractivity contribution in [1.29, 1.82) is 0 Å². The van der Waals surface area contributed by atoms with Gasteiger partial charge in [-0.15, -0.1) is 0 Å². The molecule has 0 radical (unpaired) electrons. The molecule has 2 rings (SSSR count). The van der Waals surface area contributed by atoms with Gasteiger partial charge in [0.2, 0.25) is 0 Å². The number of halogens is 1. The molecule has 0 amide bonds. The van der Waals surface area contributed by atoms with E-state index in [1.54, 1.807) is 12.4 Å². The van der Waals surface area contributed by atoms with Gasteiger partial charge >= 0.3 is 0 Å². The van der Waals surface area contributed by atoms with Gasteiger partial charge in [-0.3, -0.25) is 4.98 Å². The summed E-state index contributed by atoms with van der Waals surface area (Å²) in [5, 5.41) is 9.74. The summed E-state index contributed by atoms with van der Waals surface area (Å²) in [6.45, 7) is 0.694. The predicted molar refractivity (Wildman–Crippen MR) is 58.7 cm³/mol. The van der Waals surface area contributed by atoms with E-state index in [9.17, 15) is 0 Å². The molecular formula is C11H11ClN2O. The lowest BCUT2D eigenvalue weighted by Gasteiger charge is -2.08. The Labute approximate surface area is 93.0 Å². The molecule has 2 aromatic heterocycles. The lowest BCUT2D eigenvalue weighted by atomic mass is 10.2. The van der Waals surface area contributed by atoms with E-state index in [1.807, 2.05) is 29.0 Å². The first-order valence-electron chi connectivity index (χ1n) is 4.64. The Morgan fingerprint density at radius 3 is 3.00 bits per heavy atom. The van der Waals surface area contributed by atoms with Crippen molar-refractivity contribution >= 4 is 11.6 Å². The molecule has 0 aliphatic heterocycles. The first-order valence-corrected chi connectivity index (χ1v) is 5.02. The highest BCUT2D eigenvalue weighted by atomic mass is 35.5. The van der Waals surface area contributed by atoms with E-state index in [2.05, 4.69) is 4.98 Å². The Hall–Kier alpha value is -1.32. The molecule has 2 aromatic rings. The molecule has 0 fully saturated rings. The minimum Gasteiger partial charge on any atom is -0.390 e. The number of aliphatic hydroxyl groups is 1. The van der Waals surface area contributed by atoms with Crippen LogP contribution >= 0.6 is 11.6 Å². The fourth-order valence-electron chi connectivity index (χ4n) is 1.46. The van der Waals surface area contributed by atoms with Gasteiger partial charge in [0.15, 0.2) is 0 Å². The van der Waals surface area contributed by atoms with Crippen molar-refractivity contribution < 1.29 is 5.11 Å². The predicted octanol–water partition coefficient (Wildman–Crippen LogP) is 2.08. The van der Waals surface area contributed by atoms with Crippen molar-refractivity contribution in [1.82, 2.24) is 9.55 Å². The molecule has 0 aromatic carbocycles. The number of pyridine rings is 1. The van der Waals surface area contributed by atoms with Gasteiger partial charge in [-0.2, -0.15) is 0 Å². The van der Waals surface area contributed by atoms with E-state index in [0.29, 0.717) is 11.6 Å². The molecule has 15 heavy (non-hydrogen) atoms. The maximum atomic E-state index is 9.09. The third-order valence-electron chi connectivity index (χ3n) is 2.28. The van der Waals surface area contributed by atoms with Crippen LogP contribution in [0.3, 0.4) is 0 Å². The van der Waals surface area contributed by atoms with E-state index >= 15 is 0 Å². The Balaban J connectivity index is 2.26. The molecule has 0 saturated carbocycles. The van der Waals surface area contributed by atoms with Crippen LogP contribution in [0.2, 0.25) is 5.02 Å². The number of aromatic nitrogens is 2. The summed E-state index contributed by atoms with van der Waals surface area (Å²) in [6, 6.07) is 5.67. The Morgan fingerprint density at radius 2 is 2.27 bits per heavy atom. The van der Waals surface area contributed by atoms with Crippen LogP contribution in [0.5, 0.6) is 0 Å². The van der Waals surface area contributed by atoms with Crippen molar-refractivity contribution in [2.45, 2.75) is 13.2 Å². The quantitative estimate of drug-likeness (QED) is 0.864. The fraction of sp³-hybridized carbons (Fsp3) is 0.182. The third kappa shape index (κ3) is 2.19. The van der Waals surface area contributed by atoms with Crippen molar-refractivity contribution in [3.8, 4) is 0 Å². The van der Waals surface area contributed by atoms with Gasteiger partial charge in [0.1, 0.15) is 0 Å². The smallest absolute Gasteiger partial charge is 0.0832 e. The Kier molecular flexibility index (Phi) is 3.04. The second-order valence-electron chi connectivity index (χ2n) is 3.25. The zero-order chi connectivity index (χ0) is 10.7. The highest BCUT2D eigenvalue weighted by Gasteiger charge is 2.03. The molecule has 0 aliphatic carbocycles. The van der Waals surface area contributed by atoms with Gasteiger partial charge in [-0.25, -0.2) is 0 Å². The first kappa shape index (κ1) is 10.2. The molecule has 3 nitrogen and oxygen atoms in total. The van der Waals surface area contributed by atoms with Crippen LogP contribution in [0, 0.1) is 0 Å². The molecule has 0 saturated heterocycles. The average molecular weight is 223 g/mol. The SMILES string of the molecule is OCc1cccn1Cc1ccncc1Cl. The summed E-state index contributed by atoms with van der Waals surface area (Å²) < 4.78 is 1.96. The van der Waals surface area contributed by atoms with Crippen molar-refractivity contribution in [2.75, 3.05) is 0 Å². The van der Waals surface area contributed by atoms with E-state index < -0.39 is 0 Å². The molecule has 2 heterocycles. The Morgan fingerprint density at radius 1 is 1.40 bits per heavy atom. The number of hydrogen-bond acceptors (Lipinski definition) is 2. The zero-order valence-electron chi connectivity index (χ0n) is 8.10. The molecule has 0 spiro atoms. The molecule has 0 aliphatic rings. The topological polar surface area (TPSA) is 38.0 Å². The van der Waals surface area contributed by atoms with Gasteiger partial charge in [0.25, 0.3) is 0 Å². The number of aliphatic hydroxyl groups excluding tert-OH is 1. The van der Waals surface area contributed by atoms with Crippen LogP contribution in [0.25, 0.3) is 0 Å². The van der Waals surface area contributed by atoms with Crippen LogP contribution in [0.1, 0.15) is 11.3 Å². The van der Waals surface area contributed by atoms with Gasteiger partial charge in [-0.05, 0) is 23.8 Å². The van der Waals surface area contributed by atoms with Crippen LogP contribution in [-0.2, 0) is 13.2 Å². The van der Waals surface area contributed by atoms with E-state index in [4.69, 9.17) is 16.7 Å². The van der Waals surface area contributed by atoms with Crippen LogP contribution in [0.15, 0.2) is 36.8 Å². The van der Waals surface area contributed by atoms with Gasteiger partial charge in [0, 0.05) is 30.8 Å². The second-order valence-corrected chi connectivity index (χ2v) is 3.66. The molecular weight excluding hydrogens is 212 g/mol. The van der Waals surface area contributed by atoms with Crippen molar-refractivity contribution in [3.05, 3.63) is 53.1 Å². The van der Waals surface area contributed by atoms with Crippen LogP contribution < -0.4 is 0 Å². The molecule has 0 atom stereocenters. The van der Waals surface area contributed by atoms with Crippen LogP contribution in [0.4, 0.5) is 0 Å². The number of hydrogen-bond donors (Lipinski definition) is 1. The first-order chi connectivity index (χ1) is 7.31. The van der Waals surface area contributed by atoms with Gasteiger partial charge in [-0.1, -0.05) is 11.6 Å². The average Bonchev–Trinajstić information content (AvgIpc) is 2.69. The van der Waals surface area contributed by atoms with Crippen LogP contribution in [-0.4, -0.2) is 14.7 Å². The van der Waals surface area contributed by atoms with E-state index in [0.717, 1.165) is 11.3 Å². The molecule has 0 unspecified atom stereocenters. The summed E-state index contributed by atoms with van der Waals surface area (Å²) in [7, 11) is 0. The van der Waals surface area contributed by atoms with E-state index in [1.165, 1.54) is 0 Å². The Bertz CT molecular complexity index is 453. The maximum Gasteiger partial charge on any atom is 0.0832 e. The largest absolute Gasteiger partial charge is 0.390 e. The standard InChI is InChI=1S/C11H11ClN2O/c12-11-6-13-4-3-9(11)7-14-5-1-2-10(14)8-15/h1-6,15H,7-8H2. The maximum absolute atomic E-state index is 9.09. The third-order valence-corrected chi connectivity index (χ3v) is 2.62. The summed E-state index contributed by atoms with van der Waals surface area (Å²) in [5.41, 5.74) is 1.88. The van der Waals surface area contributed by atoms with Gasteiger partial charge in [0.05, 0.1) is 11.6 Å².